The molecule has 4 heteroatoms. The number of para-hydroxylation sites is 1. The highest BCUT2D eigenvalue weighted by Crippen LogP contribution is 2.30. The number of aliphatic hydroxyl groups is 1. The molecule has 0 radical (unpaired) electrons. The van der Waals surface area contributed by atoms with Crippen molar-refractivity contribution in [1.82, 2.24) is 5.32 Å². The summed E-state index contributed by atoms with van der Waals surface area (Å²) in [4.78, 5) is 0. The SMILES string of the molecule is OCC1(NCc2cccc(F)c2O)CCCC1. The molecule has 1 fully saturated rings. The van der Waals surface area contributed by atoms with Crippen LogP contribution in [-0.4, -0.2) is 22.4 Å². The smallest absolute Gasteiger partial charge is 0.165 e. The third kappa shape index (κ3) is 2.58. The third-order valence-corrected chi connectivity index (χ3v) is 3.59. The Kier molecular flexibility index (Phi) is 3.64. The van der Waals surface area contributed by atoms with Crippen molar-refractivity contribution < 1.29 is 14.6 Å². The number of aromatic hydroxyl groups is 1. The van der Waals surface area contributed by atoms with Crippen LogP contribution in [0.5, 0.6) is 5.75 Å². The van der Waals surface area contributed by atoms with Gasteiger partial charge in [0.05, 0.1) is 6.61 Å². The molecule has 3 nitrogen and oxygen atoms in total. The molecular formula is C13H18FNO2. The average molecular weight is 239 g/mol. The van der Waals surface area contributed by atoms with E-state index in [1.165, 1.54) is 6.07 Å². The Morgan fingerprint density at radius 2 is 2.00 bits per heavy atom. The third-order valence-electron chi connectivity index (χ3n) is 3.59. The fourth-order valence-corrected chi connectivity index (χ4v) is 2.43. The zero-order valence-corrected chi connectivity index (χ0v) is 9.75. The number of rotatable bonds is 4. The quantitative estimate of drug-likeness (QED) is 0.752. The number of phenolic OH excluding ortho intramolecular Hbond substituents is 1. The van der Waals surface area contributed by atoms with Crippen LogP contribution in [0.3, 0.4) is 0 Å². The summed E-state index contributed by atoms with van der Waals surface area (Å²) in [5, 5.41) is 22.2. The van der Waals surface area contributed by atoms with Crippen LogP contribution in [-0.2, 0) is 6.54 Å². The minimum Gasteiger partial charge on any atom is -0.505 e. The summed E-state index contributed by atoms with van der Waals surface area (Å²) in [7, 11) is 0. The topological polar surface area (TPSA) is 52.5 Å². The zero-order valence-electron chi connectivity index (χ0n) is 9.75. The van der Waals surface area contributed by atoms with Crippen LogP contribution in [0.4, 0.5) is 4.39 Å². The summed E-state index contributed by atoms with van der Waals surface area (Å²) in [6.07, 6.45) is 4.06. The largest absolute Gasteiger partial charge is 0.505 e. The van der Waals surface area contributed by atoms with Gasteiger partial charge in [0.1, 0.15) is 0 Å². The average Bonchev–Trinajstić information content (AvgIpc) is 2.81. The Morgan fingerprint density at radius 3 is 2.65 bits per heavy atom. The predicted molar refractivity (Wildman–Crippen MR) is 63.2 cm³/mol. The highest BCUT2D eigenvalue weighted by atomic mass is 19.1. The summed E-state index contributed by atoms with van der Waals surface area (Å²) >= 11 is 0. The van der Waals surface area contributed by atoms with Crippen molar-refractivity contribution in [1.29, 1.82) is 0 Å². The van der Waals surface area contributed by atoms with Gasteiger partial charge in [-0.1, -0.05) is 25.0 Å². The molecule has 0 bridgehead atoms. The molecule has 0 aliphatic heterocycles. The van der Waals surface area contributed by atoms with Crippen molar-refractivity contribution in [3.8, 4) is 5.75 Å². The van der Waals surface area contributed by atoms with Gasteiger partial charge in [-0.3, -0.25) is 0 Å². The molecule has 0 amide bonds. The van der Waals surface area contributed by atoms with E-state index < -0.39 is 5.82 Å². The lowest BCUT2D eigenvalue weighted by molar-refractivity contribution is 0.162. The highest BCUT2D eigenvalue weighted by Gasteiger charge is 2.32. The van der Waals surface area contributed by atoms with Crippen molar-refractivity contribution >= 4 is 0 Å². The second-order valence-corrected chi connectivity index (χ2v) is 4.75. The molecule has 94 valence electrons. The Hall–Kier alpha value is -1.13. The molecule has 0 atom stereocenters. The van der Waals surface area contributed by atoms with E-state index in [2.05, 4.69) is 5.32 Å². The van der Waals surface area contributed by atoms with Crippen LogP contribution in [0, 0.1) is 5.82 Å². The van der Waals surface area contributed by atoms with Gasteiger partial charge in [-0.15, -0.1) is 0 Å². The van der Waals surface area contributed by atoms with Gasteiger partial charge in [-0.2, -0.15) is 0 Å². The Labute approximate surface area is 100 Å². The Bertz CT molecular complexity index is 389. The number of hydrogen-bond donors (Lipinski definition) is 3. The fraction of sp³-hybridized carbons (Fsp3) is 0.538. The van der Waals surface area contributed by atoms with E-state index in [1.807, 2.05) is 0 Å². The maximum absolute atomic E-state index is 13.1. The molecule has 2 rings (SSSR count). The molecule has 1 saturated carbocycles. The van der Waals surface area contributed by atoms with E-state index in [9.17, 15) is 14.6 Å². The van der Waals surface area contributed by atoms with Crippen LogP contribution < -0.4 is 5.32 Å². The normalized spacial score (nSPS) is 18.5. The maximum atomic E-state index is 13.1. The van der Waals surface area contributed by atoms with E-state index >= 15 is 0 Å². The van der Waals surface area contributed by atoms with Crippen molar-refractivity contribution in [2.24, 2.45) is 0 Å². The van der Waals surface area contributed by atoms with Gasteiger partial charge in [-0.05, 0) is 18.9 Å². The molecule has 0 heterocycles. The summed E-state index contributed by atoms with van der Waals surface area (Å²) in [6, 6.07) is 4.49. The van der Waals surface area contributed by atoms with E-state index in [1.54, 1.807) is 12.1 Å². The Morgan fingerprint density at radius 1 is 1.29 bits per heavy atom. The molecule has 1 aromatic carbocycles. The molecule has 17 heavy (non-hydrogen) atoms. The Balaban J connectivity index is 2.04. The van der Waals surface area contributed by atoms with Crippen molar-refractivity contribution in [3.63, 3.8) is 0 Å². The monoisotopic (exact) mass is 239 g/mol. The van der Waals surface area contributed by atoms with E-state index in [0.717, 1.165) is 25.7 Å². The number of nitrogens with one attached hydrogen (secondary N) is 1. The van der Waals surface area contributed by atoms with Crippen molar-refractivity contribution in [2.75, 3.05) is 6.61 Å². The summed E-state index contributed by atoms with van der Waals surface area (Å²) in [5.41, 5.74) is 0.281. The number of phenols is 1. The number of hydrogen-bond acceptors (Lipinski definition) is 3. The second-order valence-electron chi connectivity index (χ2n) is 4.75. The van der Waals surface area contributed by atoms with Crippen LogP contribution in [0.2, 0.25) is 0 Å². The first-order valence-electron chi connectivity index (χ1n) is 5.99. The molecule has 0 spiro atoms. The zero-order chi connectivity index (χ0) is 12.3. The minimum absolute atomic E-state index is 0.0864. The summed E-state index contributed by atoms with van der Waals surface area (Å²) in [6.45, 7) is 0.466. The molecule has 1 aromatic rings. The first-order valence-corrected chi connectivity index (χ1v) is 5.99. The van der Waals surface area contributed by atoms with Gasteiger partial charge in [0, 0.05) is 17.6 Å². The molecule has 0 saturated heterocycles. The van der Waals surface area contributed by atoms with Gasteiger partial charge in [0.25, 0.3) is 0 Å². The van der Waals surface area contributed by atoms with Gasteiger partial charge < -0.3 is 15.5 Å². The maximum Gasteiger partial charge on any atom is 0.165 e. The molecular weight excluding hydrogens is 221 g/mol. The molecule has 0 unspecified atom stereocenters. The van der Waals surface area contributed by atoms with E-state index in [0.29, 0.717) is 12.1 Å². The van der Waals surface area contributed by atoms with E-state index in [-0.39, 0.29) is 17.9 Å². The van der Waals surface area contributed by atoms with Crippen LogP contribution >= 0.6 is 0 Å². The molecule has 1 aliphatic carbocycles. The van der Waals surface area contributed by atoms with Gasteiger partial charge in [0.15, 0.2) is 11.6 Å². The van der Waals surface area contributed by atoms with Crippen LogP contribution in [0.1, 0.15) is 31.2 Å². The first kappa shape index (κ1) is 12.3. The lowest BCUT2D eigenvalue weighted by Gasteiger charge is -2.28. The summed E-state index contributed by atoms with van der Waals surface area (Å²) in [5.74, 6) is -0.903. The molecule has 1 aliphatic rings. The minimum atomic E-state index is -0.603. The van der Waals surface area contributed by atoms with Crippen molar-refractivity contribution in [2.45, 2.75) is 37.8 Å². The standard InChI is InChI=1S/C13H18FNO2/c14-11-5-3-4-10(12(11)17)8-15-13(9-16)6-1-2-7-13/h3-5,15-17H,1-2,6-9H2. The van der Waals surface area contributed by atoms with Crippen molar-refractivity contribution in [3.05, 3.63) is 29.6 Å². The highest BCUT2D eigenvalue weighted by molar-refractivity contribution is 5.33. The van der Waals surface area contributed by atoms with Gasteiger partial charge in [0.2, 0.25) is 0 Å². The fourth-order valence-electron chi connectivity index (χ4n) is 2.43. The lowest BCUT2D eigenvalue weighted by Crippen LogP contribution is -2.45. The predicted octanol–water partition coefficient (Wildman–Crippen LogP) is 1.93. The van der Waals surface area contributed by atoms with Crippen LogP contribution in [0.25, 0.3) is 0 Å². The van der Waals surface area contributed by atoms with E-state index in [4.69, 9.17) is 0 Å². The van der Waals surface area contributed by atoms with Crippen LogP contribution in [0.15, 0.2) is 18.2 Å². The first-order chi connectivity index (χ1) is 8.17. The number of aliphatic hydroxyl groups excluding tert-OH is 1. The summed E-state index contributed by atoms with van der Waals surface area (Å²) < 4.78 is 13.1. The molecule has 3 N–H and O–H groups in total. The lowest BCUT2D eigenvalue weighted by atomic mass is 9.98. The molecule has 0 aromatic heterocycles. The van der Waals surface area contributed by atoms with Gasteiger partial charge >= 0.3 is 0 Å². The number of halogens is 1. The van der Waals surface area contributed by atoms with Gasteiger partial charge in [-0.25, -0.2) is 4.39 Å². The second kappa shape index (κ2) is 5.02. The number of benzene rings is 1.